The van der Waals surface area contributed by atoms with E-state index in [1.807, 2.05) is 31.2 Å². The zero-order valence-corrected chi connectivity index (χ0v) is 12.2. The molecule has 3 aromatic rings. The molecule has 1 amide bonds. The molecule has 23 heavy (non-hydrogen) atoms. The van der Waals surface area contributed by atoms with Crippen LogP contribution in [0.3, 0.4) is 0 Å². The van der Waals surface area contributed by atoms with Crippen molar-refractivity contribution < 1.29 is 13.6 Å². The van der Waals surface area contributed by atoms with Gasteiger partial charge in [-0.25, -0.2) is 8.78 Å². The Morgan fingerprint density at radius 2 is 1.83 bits per heavy atom. The van der Waals surface area contributed by atoms with Crippen LogP contribution in [0.15, 0.2) is 48.5 Å². The normalized spacial score (nSPS) is 10.6. The summed E-state index contributed by atoms with van der Waals surface area (Å²) in [5.74, 6) is -2.10. The number of rotatable bonds is 3. The second-order valence-corrected chi connectivity index (χ2v) is 5.11. The molecular formula is C17H13F2N3O. The van der Waals surface area contributed by atoms with Crippen LogP contribution >= 0.6 is 0 Å². The largest absolute Gasteiger partial charge is 0.318 e. The number of halogens is 2. The van der Waals surface area contributed by atoms with Gasteiger partial charge < -0.3 is 5.32 Å². The number of hydrogen-bond acceptors (Lipinski definition) is 2. The molecule has 1 heterocycles. The lowest BCUT2D eigenvalue weighted by atomic mass is 10.1. The zero-order chi connectivity index (χ0) is 16.4. The number of hydrogen-bond donors (Lipinski definition) is 2. The fourth-order valence-corrected chi connectivity index (χ4v) is 2.09. The van der Waals surface area contributed by atoms with Crippen molar-refractivity contribution in [3.63, 3.8) is 0 Å². The van der Waals surface area contributed by atoms with Gasteiger partial charge in [0, 0.05) is 11.6 Å². The molecule has 0 saturated heterocycles. The first kappa shape index (κ1) is 14.9. The smallest absolute Gasteiger partial charge is 0.273 e. The van der Waals surface area contributed by atoms with Gasteiger partial charge in [0.05, 0.1) is 11.4 Å². The van der Waals surface area contributed by atoms with Crippen molar-refractivity contribution in [1.29, 1.82) is 0 Å². The van der Waals surface area contributed by atoms with E-state index in [1.165, 1.54) is 6.07 Å². The number of nitrogens with one attached hydrogen (secondary N) is 2. The van der Waals surface area contributed by atoms with Gasteiger partial charge in [-0.05, 0) is 25.1 Å². The highest BCUT2D eigenvalue weighted by molar-refractivity contribution is 6.03. The van der Waals surface area contributed by atoms with Crippen LogP contribution in [0.2, 0.25) is 0 Å². The summed E-state index contributed by atoms with van der Waals surface area (Å²) in [5.41, 5.74) is 2.68. The topological polar surface area (TPSA) is 57.8 Å². The van der Waals surface area contributed by atoms with Crippen molar-refractivity contribution in [2.75, 3.05) is 5.32 Å². The lowest BCUT2D eigenvalue weighted by Crippen LogP contribution is -2.13. The van der Waals surface area contributed by atoms with Crippen molar-refractivity contribution in [3.05, 3.63) is 71.4 Å². The molecule has 2 N–H and O–H groups in total. The highest BCUT2D eigenvalue weighted by atomic mass is 19.1. The molecule has 0 aliphatic heterocycles. The summed E-state index contributed by atoms with van der Waals surface area (Å²) in [7, 11) is 0. The molecule has 0 unspecified atom stereocenters. The van der Waals surface area contributed by atoms with E-state index in [0.717, 1.165) is 17.2 Å². The fraction of sp³-hybridized carbons (Fsp3) is 0.0588. The number of anilines is 1. The highest BCUT2D eigenvalue weighted by Gasteiger charge is 2.13. The predicted octanol–water partition coefficient (Wildman–Crippen LogP) is 3.92. The van der Waals surface area contributed by atoms with Crippen molar-refractivity contribution >= 4 is 11.6 Å². The molecule has 2 aromatic carbocycles. The number of H-pyrrole nitrogens is 1. The molecule has 0 aliphatic carbocycles. The molecule has 0 radical (unpaired) electrons. The Balaban J connectivity index is 1.79. The van der Waals surface area contributed by atoms with Crippen LogP contribution in [0.5, 0.6) is 0 Å². The van der Waals surface area contributed by atoms with Gasteiger partial charge in [-0.1, -0.05) is 29.8 Å². The number of carbonyl (C=O) groups is 1. The summed E-state index contributed by atoms with van der Waals surface area (Å²) in [4.78, 5) is 12.1. The maximum atomic E-state index is 13.6. The number of aromatic amines is 1. The van der Waals surface area contributed by atoms with Gasteiger partial charge in [-0.15, -0.1) is 0 Å². The van der Waals surface area contributed by atoms with Crippen molar-refractivity contribution in [2.24, 2.45) is 0 Å². The second kappa shape index (κ2) is 6.00. The Hall–Kier alpha value is -3.02. The average Bonchev–Trinajstić information content (AvgIpc) is 3.01. The minimum Gasteiger partial charge on any atom is -0.318 e. The summed E-state index contributed by atoms with van der Waals surface area (Å²) in [5, 5.41) is 9.06. The molecule has 116 valence electrons. The number of carbonyl (C=O) groups excluding carboxylic acids is 1. The third kappa shape index (κ3) is 3.26. The zero-order valence-electron chi connectivity index (χ0n) is 12.2. The molecule has 0 bridgehead atoms. The lowest BCUT2D eigenvalue weighted by Gasteiger charge is -2.04. The van der Waals surface area contributed by atoms with Gasteiger partial charge in [0.1, 0.15) is 17.3 Å². The first-order valence-corrected chi connectivity index (χ1v) is 6.92. The second-order valence-electron chi connectivity index (χ2n) is 5.11. The van der Waals surface area contributed by atoms with Gasteiger partial charge in [-0.3, -0.25) is 9.89 Å². The van der Waals surface area contributed by atoms with E-state index in [2.05, 4.69) is 15.5 Å². The Bertz CT molecular complexity index is 857. The van der Waals surface area contributed by atoms with Gasteiger partial charge in [0.15, 0.2) is 0 Å². The van der Waals surface area contributed by atoms with E-state index < -0.39 is 17.5 Å². The molecule has 0 spiro atoms. The standard InChI is InChI=1S/C17H13F2N3O/c1-10-2-4-11(5-3-10)15-9-16(22-21-15)17(23)20-14-7-6-12(18)8-13(14)19/h2-9H,1H3,(H,20,23)(H,21,22). The van der Waals surface area contributed by atoms with Crippen molar-refractivity contribution in [3.8, 4) is 11.3 Å². The van der Waals surface area contributed by atoms with E-state index in [1.54, 1.807) is 6.07 Å². The van der Waals surface area contributed by atoms with Crippen LogP contribution in [0, 0.1) is 18.6 Å². The van der Waals surface area contributed by atoms with Crippen LogP contribution < -0.4 is 5.32 Å². The minimum absolute atomic E-state index is 0.0946. The third-order valence-electron chi connectivity index (χ3n) is 3.35. The van der Waals surface area contributed by atoms with Gasteiger partial charge in [-0.2, -0.15) is 5.10 Å². The molecule has 3 rings (SSSR count). The Labute approximate surface area is 131 Å². The van der Waals surface area contributed by atoms with E-state index in [4.69, 9.17) is 0 Å². The van der Waals surface area contributed by atoms with Gasteiger partial charge in [0.2, 0.25) is 0 Å². The average molecular weight is 313 g/mol. The number of aryl methyl sites for hydroxylation is 1. The number of amides is 1. The lowest BCUT2D eigenvalue weighted by molar-refractivity contribution is 0.102. The molecular weight excluding hydrogens is 300 g/mol. The minimum atomic E-state index is -0.836. The number of nitrogens with zero attached hydrogens (tertiary/aromatic N) is 1. The van der Waals surface area contributed by atoms with E-state index in [-0.39, 0.29) is 11.4 Å². The maximum absolute atomic E-state index is 13.6. The number of aromatic nitrogens is 2. The van der Waals surface area contributed by atoms with E-state index in [9.17, 15) is 13.6 Å². The molecule has 0 atom stereocenters. The van der Waals surface area contributed by atoms with Gasteiger partial charge >= 0.3 is 0 Å². The molecule has 1 aromatic heterocycles. The molecule has 0 aliphatic rings. The fourth-order valence-electron chi connectivity index (χ4n) is 2.09. The summed E-state index contributed by atoms with van der Waals surface area (Å²) in [6.07, 6.45) is 0. The van der Waals surface area contributed by atoms with Crippen LogP contribution in [0.25, 0.3) is 11.3 Å². The predicted molar refractivity (Wildman–Crippen MR) is 83.1 cm³/mol. The van der Waals surface area contributed by atoms with Crippen LogP contribution in [-0.2, 0) is 0 Å². The van der Waals surface area contributed by atoms with Crippen LogP contribution in [0.1, 0.15) is 16.1 Å². The highest BCUT2D eigenvalue weighted by Crippen LogP contribution is 2.20. The maximum Gasteiger partial charge on any atom is 0.273 e. The first-order chi connectivity index (χ1) is 11.0. The first-order valence-electron chi connectivity index (χ1n) is 6.92. The van der Waals surface area contributed by atoms with Crippen LogP contribution in [0.4, 0.5) is 14.5 Å². The number of benzene rings is 2. The quantitative estimate of drug-likeness (QED) is 0.770. The monoisotopic (exact) mass is 313 g/mol. The van der Waals surface area contributed by atoms with Gasteiger partial charge in [0.25, 0.3) is 5.91 Å². The molecule has 0 saturated carbocycles. The van der Waals surface area contributed by atoms with Crippen molar-refractivity contribution in [2.45, 2.75) is 6.92 Å². The van der Waals surface area contributed by atoms with Crippen molar-refractivity contribution in [1.82, 2.24) is 10.2 Å². The van der Waals surface area contributed by atoms with Crippen LogP contribution in [-0.4, -0.2) is 16.1 Å². The molecule has 6 heteroatoms. The van der Waals surface area contributed by atoms with E-state index >= 15 is 0 Å². The Morgan fingerprint density at radius 1 is 1.09 bits per heavy atom. The summed E-state index contributed by atoms with van der Waals surface area (Å²) < 4.78 is 26.4. The summed E-state index contributed by atoms with van der Waals surface area (Å²) >= 11 is 0. The Morgan fingerprint density at radius 3 is 2.52 bits per heavy atom. The SMILES string of the molecule is Cc1ccc(-c2cc(C(=O)Nc3ccc(F)cc3F)[nH]n2)cc1. The summed E-state index contributed by atoms with van der Waals surface area (Å²) in [6.45, 7) is 1.98. The molecule has 4 nitrogen and oxygen atoms in total. The van der Waals surface area contributed by atoms with E-state index in [0.29, 0.717) is 11.8 Å². The summed E-state index contributed by atoms with van der Waals surface area (Å²) in [6, 6.07) is 12.2. The third-order valence-corrected chi connectivity index (χ3v) is 3.35. The Kier molecular flexibility index (Phi) is 3.89. The molecule has 0 fully saturated rings.